The highest BCUT2D eigenvalue weighted by atomic mass is 32.1. The summed E-state index contributed by atoms with van der Waals surface area (Å²) in [4.78, 5) is 4.33. The van der Waals surface area contributed by atoms with Gasteiger partial charge in [-0.05, 0) is 6.42 Å². The monoisotopic (exact) mass is 264 g/mol. The smallest absolute Gasteiger partial charge is 0.202 e. The van der Waals surface area contributed by atoms with E-state index in [0.29, 0.717) is 6.54 Å². The average Bonchev–Trinajstić information content (AvgIpc) is 3.03. The first kappa shape index (κ1) is 12.7. The van der Waals surface area contributed by atoms with Crippen LogP contribution in [-0.4, -0.2) is 24.4 Å². The lowest BCUT2D eigenvalue weighted by Gasteiger charge is -1.97. The summed E-state index contributed by atoms with van der Waals surface area (Å²) in [6, 6.07) is 0. The number of anilines is 1. The summed E-state index contributed by atoms with van der Waals surface area (Å²) in [6.07, 6.45) is 5.55. The molecule has 2 aromatic heterocycles. The molecule has 0 aliphatic heterocycles. The summed E-state index contributed by atoms with van der Waals surface area (Å²) in [7, 11) is 0. The number of aryl methyl sites for hydroxylation is 2. The van der Waals surface area contributed by atoms with E-state index in [0.717, 1.165) is 36.0 Å². The van der Waals surface area contributed by atoms with Crippen LogP contribution >= 0.6 is 11.5 Å². The third-order valence-electron chi connectivity index (χ3n) is 2.35. The number of allylic oxidation sites excluding steroid dienone is 1. The van der Waals surface area contributed by atoms with E-state index in [9.17, 15) is 0 Å². The predicted octanol–water partition coefficient (Wildman–Crippen LogP) is 1.88. The van der Waals surface area contributed by atoms with Gasteiger partial charge in [-0.2, -0.15) is 4.37 Å². The van der Waals surface area contributed by atoms with Crippen LogP contribution in [0.4, 0.5) is 5.13 Å². The second-order valence-electron chi connectivity index (χ2n) is 3.77. The molecule has 1 N–H and O–H groups in total. The van der Waals surface area contributed by atoms with Crippen molar-refractivity contribution in [2.45, 2.75) is 32.9 Å². The summed E-state index contributed by atoms with van der Waals surface area (Å²) >= 11 is 1.37. The highest BCUT2D eigenvalue weighted by molar-refractivity contribution is 7.09. The summed E-state index contributed by atoms with van der Waals surface area (Å²) in [5.74, 6) is 0.872. The molecule has 0 aromatic carbocycles. The van der Waals surface area contributed by atoms with Gasteiger partial charge in [-0.1, -0.05) is 18.2 Å². The van der Waals surface area contributed by atoms with E-state index in [1.165, 1.54) is 11.5 Å². The number of aromatic nitrogens is 5. The van der Waals surface area contributed by atoms with Gasteiger partial charge in [0.15, 0.2) is 0 Å². The Balaban J connectivity index is 1.85. The minimum absolute atomic E-state index is 0.617. The highest BCUT2D eigenvalue weighted by Gasteiger charge is 2.04. The van der Waals surface area contributed by atoms with E-state index in [-0.39, 0.29) is 0 Å². The largest absolute Gasteiger partial charge is 0.354 e. The molecule has 96 valence electrons. The number of nitrogens with zero attached hydrogens (tertiary/aromatic N) is 5. The van der Waals surface area contributed by atoms with E-state index < -0.39 is 0 Å². The van der Waals surface area contributed by atoms with E-state index in [1.807, 2.05) is 23.9 Å². The van der Waals surface area contributed by atoms with E-state index >= 15 is 0 Å². The van der Waals surface area contributed by atoms with Crippen LogP contribution in [0, 0.1) is 0 Å². The number of hydrogen-bond donors (Lipinski definition) is 1. The third-order valence-corrected chi connectivity index (χ3v) is 3.06. The van der Waals surface area contributed by atoms with Crippen LogP contribution in [0.5, 0.6) is 0 Å². The maximum Gasteiger partial charge on any atom is 0.202 e. The van der Waals surface area contributed by atoms with E-state index in [1.54, 1.807) is 0 Å². The molecule has 7 heteroatoms. The summed E-state index contributed by atoms with van der Waals surface area (Å²) in [5.41, 5.74) is 0.896. The van der Waals surface area contributed by atoms with Gasteiger partial charge in [0.2, 0.25) is 5.13 Å². The SMILES string of the molecule is C=CCCn1cc(CNc2nc(CC)ns2)nn1. The minimum atomic E-state index is 0.617. The summed E-state index contributed by atoms with van der Waals surface area (Å²) in [6.45, 7) is 7.15. The van der Waals surface area contributed by atoms with Crippen molar-refractivity contribution in [3.63, 3.8) is 0 Å². The Morgan fingerprint density at radius 2 is 2.44 bits per heavy atom. The lowest BCUT2D eigenvalue weighted by Crippen LogP contribution is -1.99. The standard InChI is InChI=1S/C11H16N6S/c1-3-5-6-17-8-9(14-16-17)7-12-11-13-10(4-2)15-18-11/h3,8H,1,4-7H2,2H3,(H,12,13,15). The van der Waals surface area contributed by atoms with Gasteiger partial charge in [-0.25, -0.2) is 4.98 Å². The molecule has 2 aromatic rings. The summed E-state index contributed by atoms with van der Waals surface area (Å²) in [5, 5.41) is 12.1. The topological polar surface area (TPSA) is 68.5 Å². The van der Waals surface area contributed by atoms with Crippen molar-refractivity contribution in [3.05, 3.63) is 30.4 Å². The molecule has 0 aliphatic rings. The van der Waals surface area contributed by atoms with Crippen molar-refractivity contribution in [2.24, 2.45) is 0 Å². The maximum atomic E-state index is 4.33. The molecule has 0 unspecified atom stereocenters. The summed E-state index contributed by atoms with van der Waals surface area (Å²) < 4.78 is 6.02. The van der Waals surface area contributed by atoms with Gasteiger partial charge in [0.25, 0.3) is 0 Å². The van der Waals surface area contributed by atoms with E-state index in [2.05, 4.69) is 31.6 Å². The number of hydrogen-bond acceptors (Lipinski definition) is 6. The molecule has 2 rings (SSSR count). The average molecular weight is 264 g/mol. The van der Waals surface area contributed by atoms with Crippen LogP contribution in [-0.2, 0) is 19.5 Å². The Kier molecular flexibility index (Phi) is 4.40. The van der Waals surface area contributed by atoms with Gasteiger partial charge >= 0.3 is 0 Å². The Morgan fingerprint density at radius 3 is 3.17 bits per heavy atom. The first-order chi connectivity index (χ1) is 8.81. The molecule has 0 saturated heterocycles. The molecule has 2 heterocycles. The zero-order chi connectivity index (χ0) is 12.8. The van der Waals surface area contributed by atoms with Crippen LogP contribution < -0.4 is 5.32 Å². The van der Waals surface area contributed by atoms with Crippen LogP contribution in [0.2, 0.25) is 0 Å². The van der Waals surface area contributed by atoms with Gasteiger partial charge in [-0.15, -0.1) is 11.7 Å². The Bertz CT molecular complexity index is 503. The van der Waals surface area contributed by atoms with E-state index in [4.69, 9.17) is 0 Å². The molecule has 0 amide bonds. The third kappa shape index (κ3) is 3.36. The quantitative estimate of drug-likeness (QED) is 0.773. The van der Waals surface area contributed by atoms with Crippen molar-refractivity contribution in [1.29, 1.82) is 0 Å². The molecule has 0 radical (unpaired) electrons. The number of nitrogens with one attached hydrogen (secondary N) is 1. The molecule has 18 heavy (non-hydrogen) atoms. The molecular formula is C11H16N6S. The fraction of sp³-hybridized carbons (Fsp3) is 0.455. The zero-order valence-electron chi connectivity index (χ0n) is 10.3. The fourth-order valence-electron chi connectivity index (χ4n) is 1.39. The maximum absolute atomic E-state index is 4.33. The molecule has 0 bridgehead atoms. The van der Waals surface area contributed by atoms with Gasteiger partial charge in [-0.3, -0.25) is 4.68 Å². The van der Waals surface area contributed by atoms with Crippen molar-refractivity contribution in [2.75, 3.05) is 5.32 Å². The van der Waals surface area contributed by atoms with Crippen LogP contribution in [0.25, 0.3) is 0 Å². The van der Waals surface area contributed by atoms with Gasteiger partial charge < -0.3 is 5.32 Å². The number of rotatable bonds is 7. The molecule has 0 fully saturated rings. The highest BCUT2D eigenvalue weighted by Crippen LogP contribution is 2.12. The Morgan fingerprint density at radius 1 is 1.56 bits per heavy atom. The Labute approximate surface area is 110 Å². The van der Waals surface area contributed by atoms with Crippen molar-refractivity contribution in [1.82, 2.24) is 24.4 Å². The molecule has 0 atom stereocenters. The Hall–Kier alpha value is -1.76. The van der Waals surface area contributed by atoms with Crippen molar-refractivity contribution < 1.29 is 0 Å². The second-order valence-corrected chi connectivity index (χ2v) is 4.53. The van der Waals surface area contributed by atoms with Crippen molar-refractivity contribution >= 4 is 16.7 Å². The molecule has 0 spiro atoms. The van der Waals surface area contributed by atoms with Gasteiger partial charge in [0.05, 0.1) is 12.7 Å². The molecule has 6 nitrogen and oxygen atoms in total. The fourth-order valence-corrected chi connectivity index (χ4v) is 2.03. The zero-order valence-corrected chi connectivity index (χ0v) is 11.2. The molecule has 0 saturated carbocycles. The second kappa shape index (κ2) is 6.25. The van der Waals surface area contributed by atoms with Crippen molar-refractivity contribution in [3.8, 4) is 0 Å². The first-order valence-electron chi connectivity index (χ1n) is 5.88. The lowest BCUT2D eigenvalue weighted by atomic mass is 10.4. The van der Waals surface area contributed by atoms with Gasteiger partial charge in [0.1, 0.15) is 11.5 Å². The van der Waals surface area contributed by atoms with Crippen LogP contribution in [0.15, 0.2) is 18.9 Å². The van der Waals surface area contributed by atoms with Gasteiger partial charge in [0, 0.05) is 24.5 Å². The normalized spacial score (nSPS) is 10.5. The predicted molar refractivity (Wildman–Crippen MR) is 71.4 cm³/mol. The minimum Gasteiger partial charge on any atom is -0.354 e. The lowest BCUT2D eigenvalue weighted by molar-refractivity contribution is 0.597. The molecular weight excluding hydrogens is 248 g/mol. The van der Waals surface area contributed by atoms with Crippen LogP contribution in [0.1, 0.15) is 24.9 Å². The first-order valence-corrected chi connectivity index (χ1v) is 6.65. The molecule has 0 aliphatic carbocycles. The van der Waals surface area contributed by atoms with Crippen LogP contribution in [0.3, 0.4) is 0 Å².